The lowest BCUT2D eigenvalue weighted by Crippen LogP contribution is -2.49. The summed E-state index contributed by atoms with van der Waals surface area (Å²) in [5, 5.41) is 3.56. The summed E-state index contributed by atoms with van der Waals surface area (Å²) >= 11 is 1.24. The number of fused-ring (bicyclic) bond motifs is 1. The summed E-state index contributed by atoms with van der Waals surface area (Å²) in [6.07, 6.45) is -4.40. The molecule has 1 fully saturated rings. The maximum absolute atomic E-state index is 12.8. The Kier molecular flexibility index (Phi) is 5.38. The number of hydrogen-bond donors (Lipinski definition) is 1. The van der Waals surface area contributed by atoms with E-state index in [1.165, 1.54) is 17.4 Å². The molecular weight excluding hydrogens is 367 g/mol. The number of hydrogen-bond acceptors (Lipinski definition) is 5. The normalized spacial score (nSPS) is 16.9. The third-order valence-corrected chi connectivity index (χ3v) is 5.22. The Morgan fingerprint density at radius 3 is 2.62 bits per heavy atom. The molecule has 3 rings (SSSR count). The molecule has 0 aliphatic carbocycles. The highest BCUT2D eigenvalue weighted by Crippen LogP contribution is 2.34. The zero-order valence-electron chi connectivity index (χ0n) is 14.5. The van der Waals surface area contributed by atoms with E-state index >= 15 is 0 Å². The van der Waals surface area contributed by atoms with Gasteiger partial charge >= 0.3 is 6.18 Å². The van der Waals surface area contributed by atoms with Crippen LogP contribution in [0.25, 0.3) is 10.2 Å². The van der Waals surface area contributed by atoms with E-state index in [1.807, 2.05) is 13.8 Å². The number of halogens is 3. The Balaban J connectivity index is 1.81. The summed E-state index contributed by atoms with van der Waals surface area (Å²) in [6.45, 7) is 5.95. The lowest BCUT2D eigenvalue weighted by Gasteiger charge is -2.32. The molecule has 1 atom stereocenters. The van der Waals surface area contributed by atoms with Crippen molar-refractivity contribution in [3.63, 3.8) is 0 Å². The highest BCUT2D eigenvalue weighted by atomic mass is 32.1. The van der Waals surface area contributed by atoms with Gasteiger partial charge in [-0.3, -0.25) is 4.79 Å². The maximum Gasteiger partial charge on any atom is 0.416 e. The number of carbonyl (C=O) groups is 1. The first-order valence-electron chi connectivity index (χ1n) is 8.36. The van der Waals surface area contributed by atoms with E-state index in [-0.39, 0.29) is 17.3 Å². The first-order chi connectivity index (χ1) is 12.3. The van der Waals surface area contributed by atoms with E-state index < -0.39 is 17.8 Å². The van der Waals surface area contributed by atoms with Gasteiger partial charge in [0.1, 0.15) is 6.04 Å². The number of anilines is 1. The number of rotatable bonds is 4. The van der Waals surface area contributed by atoms with Crippen LogP contribution in [0.4, 0.5) is 18.3 Å². The monoisotopic (exact) mass is 387 g/mol. The van der Waals surface area contributed by atoms with Crippen LogP contribution >= 0.6 is 11.3 Å². The minimum absolute atomic E-state index is 0.00286. The summed E-state index contributed by atoms with van der Waals surface area (Å²) in [5.74, 6) is -0.0402. The fraction of sp³-hybridized carbons (Fsp3) is 0.529. The molecule has 1 aliphatic rings. The summed E-state index contributed by atoms with van der Waals surface area (Å²) in [4.78, 5) is 18.8. The predicted molar refractivity (Wildman–Crippen MR) is 94.3 cm³/mol. The van der Waals surface area contributed by atoms with Crippen molar-refractivity contribution in [1.29, 1.82) is 0 Å². The molecule has 9 heteroatoms. The highest BCUT2D eigenvalue weighted by molar-refractivity contribution is 7.22. The molecule has 0 radical (unpaired) electrons. The van der Waals surface area contributed by atoms with Gasteiger partial charge in [0.25, 0.3) is 0 Å². The Morgan fingerprint density at radius 2 is 2.00 bits per heavy atom. The average Bonchev–Trinajstić information content (AvgIpc) is 3.00. The molecule has 0 saturated carbocycles. The number of nitrogens with zero attached hydrogens (tertiary/aromatic N) is 2. The number of amides is 1. The van der Waals surface area contributed by atoms with Crippen molar-refractivity contribution in [3.8, 4) is 0 Å². The molecule has 1 unspecified atom stereocenters. The first-order valence-corrected chi connectivity index (χ1v) is 9.18. The number of nitrogens with one attached hydrogen (secondary N) is 1. The maximum atomic E-state index is 12.8. The molecule has 0 spiro atoms. The van der Waals surface area contributed by atoms with Crippen LogP contribution in [0.1, 0.15) is 19.4 Å². The molecule has 142 valence electrons. The molecule has 1 aliphatic heterocycles. The van der Waals surface area contributed by atoms with Crippen LogP contribution in [0.5, 0.6) is 0 Å². The molecule has 1 amide bonds. The van der Waals surface area contributed by atoms with E-state index in [4.69, 9.17) is 4.74 Å². The smallest absolute Gasteiger partial charge is 0.378 e. The van der Waals surface area contributed by atoms with Crippen molar-refractivity contribution < 1.29 is 22.7 Å². The fourth-order valence-corrected chi connectivity index (χ4v) is 3.68. The molecule has 5 nitrogen and oxygen atoms in total. The third kappa shape index (κ3) is 4.09. The van der Waals surface area contributed by atoms with Gasteiger partial charge in [-0.25, -0.2) is 4.98 Å². The van der Waals surface area contributed by atoms with Crippen LogP contribution in [0.3, 0.4) is 0 Å². The van der Waals surface area contributed by atoms with Crippen molar-refractivity contribution in [2.24, 2.45) is 5.92 Å². The summed E-state index contributed by atoms with van der Waals surface area (Å²) in [7, 11) is 0. The number of ether oxygens (including phenoxy) is 1. The number of alkyl halides is 3. The molecule has 0 bridgehead atoms. The van der Waals surface area contributed by atoms with Crippen LogP contribution in [-0.2, 0) is 15.7 Å². The van der Waals surface area contributed by atoms with Crippen molar-refractivity contribution in [3.05, 3.63) is 23.8 Å². The van der Waals surface area contributed by atoms with E-state index in [0.29, 0.717) is 36.1 Å². The standard InChI is InChI=1S/C17H20F3N3O2S/c1-10(2)14(15(24)23-5-7-25-8-6-23)22-16-21-12-9-11(17(18,19)20)3-4-13(12)26-16/h3-4,9-10,14H,5-8H2,1-2H3,(H,21,22). The van der Waals surface area contributed by atoms with Gasteiger partial charge in [0.05, 0.1) is 29.0 Å². The number of benzene rings is 1. The van der Waals surface area contributed by atoms with Crippen LogP contribution < -0.4 is 5.32 Å². The predicted octanol–water partition coefficient (Wildman–Crippen LogP) is 3.61. The van der Waals surface area contributed by atoms with Gasteiger partial charge < -0.3 is 15.0 Å². The average molecular weight is 387 g/mol. The SMILES string of the molecule is CC(C)C(Nc1nc2cc(C(F)(F)F)ccc2s1)C(=O)N1CCOCC1. The summed E-state index contributed by atoms with van der Waals surface area (Å²) in [5.41, 5.74) is -0.458. The van der Waals surface area contributed by atoms with E-state index in [9.17, 15) is 18.0 Å². The Morgan fingerprint density at radius 1 is 1.31 bits per heavy atom. The Labute approximate surface area is 153 Å². The molecule has 26 heavy (non-hydrogen) atoms. The quantitative estimate of drug-likeness (QED) is 0.871. The summed E-state index contributed by atoms with van der Waals surface area (Å²) < 4.78 is 44.5. The topological polar surface area (TPSA) is 54.5 Å². The highest BCUT2D eigenvalue weighted by Gasteiger charge is 2.31. The Hall–Kier alpha value is -1.87. The van der Waals surface area contributed by atoms with Crippen molar-refractivity contribution in [2.45, 2.75) is 26.1 Å². The van der Waals surface area contributed by atoms with Gasteiger partial charge in [0.2, 0.25) is 5.91 Å². The van der Waals surface area contributed by atoms with Gasteiger partial charge in [-0.15, -0.1) is 0 Å². The zero-order valence-corrected chi connectivity index (χ0v) is 15.3. The van der Waals surface area contributed by atoms with Crippen molar-refractivity contribution in [1.82, 2.24) is 9.88 Å². The number of carbonyl (C=O) groups excluding carboxylic acids is 1. The van der Waals surface area contributed by atoms with Crippen LogP contribution in [-0.4, -0.2) is 48.1 Å². The molecule has 1 aromatic heterocycles. The second kappa shape index (κ2) is 7.40. The second-order valence-corrected chi connectivity index (χ2v) is 7.53. The minimum atomic E-state index is -4.40. The van der Waals surface area contributed by atoms with Crippen LogP contribution in [0.15, 0.2) is 18.2 Å². The number of thiazole rings is 1. The molecule has 1 N–H and O–H groups in total. The largest absolute Gasteiger partial charge is 0.416 e. The number of aromatic nitrogens is 1. The van der Waals surface area contributed by atoms with Crippen LogP contribution in [0, 0.1) is 5.92 Å². The van der Waals surface area contributed by atoms with Gasteiger partial charge in [0.15, 0.2) is 5.13 Å². The number of morpholine rings is 1. The minimum Gasteiger partial charge on any atom is -0.378 e. The fourth-order valence-electron chi connectivity index (χ4n) is 2.79. The molecule has 1 aromatic carbocycles. The van der Waals surface area contributed by atoms with E-state index in [2.05, 4.69) is 10.3 Å². The van der Waals surface area contributed by atoms with Gasteiger partial charge in [-0.1, -0.05) is 25.2 Å². The zero-order chi connectivity index (χ0) is 18.9. The van der Waals surface area contributed by atoms with Gasteiger partial charge in [-0.05, 0) is 24.1 Å². The van der Waals surface area contributed by atoms with Crippen molar-refractivity contribution in [2.75, 3.05) is 31.6 Å². The van der Waals surface area contributed by atoms with Gasteiger partial charge in [0, 0.05) is 13.1 Å². The van der Waals surface area contributed by atoms with E-state index in [0.717, 1.165) is 12.1 Å². The van der Waals surface area contributed by atoms with E-state index in [1.54, 1.807) is 4.90 Å². The van der Waals surface area contributed by atoms with Crippen LogP contribution in [0.2, 0.25) is 0 Å². The molecular formula is C17H20F3N3O2S. The molecule has 1 saturated heterocycles. The van der Waals surface area contributed by atoms with Gasteiger partial charge in [-0.2, -0.15) is 13.2 Å². The Bertz CT molecular complexity index is 785. The second-order valence-electron chi connectivity index (χ2n) is 6.50. The third-order valence-electron chi connectivity index (χ3n) is 4.25. The molecule has 2 aromatic rings. The first kappa shape index (κ1) is 18.9. The van der Waals surface area contributed by atoms with Crippen molar-refractivity contribution >= 4 is 32.6 Å². The summed E-state index contributed by atoms with van der Waals surface area (Å²) in [6, 6.07) is 3.00. The lowest BCUT2D eigenvalue weighted by molar-refractivity contribution is -0.138. The lowest BCUT2D eigenvalue weighted by atomic mass is 10.0. The molecule has 2 heterocycles.